The maximum absolute atomic E-state index is 8.49. The Morgan fingerprint density at radius 3 is 1.51 bits per heavy atom. The van der Waals surface area contributed by atoms with E-state index in [4.69, 9.17) is 6.85 Å². The molecule has 0 spiro atoms. The van der Waals surface area contributed by atoms with Gasteiger partial charge in [0.05, 0.1) is 12.5 Å². The van der Waals surface area contributed by atoms with Gasteiger partial charge < -0.3 is 4.90 Å². The van der Waals surface area contributed by atoms with Gasteiger partial charge in [-0.05, 0) is 102 Å². The minimum Gasteiger partial charge on any atom is -0.310 e. The molecule has 0 atom stereocenters. The third-order valence-corrected chi connectivity index (χ3v) is 11.0. The Kier molecular flexibility index (Phi) is 8.25. The zero-order valence-corrected chi connectivity index (χ0v) is 32.2. The molecule has 0 aliphatic rings. The number of para-hydroxylation sites is 1. The highest BCUT2D eigenvalue weighted by molar-refractivity contribution is 5.99. The van der Waals surface area contributed by atoms with Gasteiger partial charge in [-0.25, -0.2) is 0 Å². The molecule has 1 heteroatoms. The molecule has 278 valence electrons. The van der Waals surface area contributed by atoms with E-state index in [1.165, 1.54) is 21.9 Å². The van der Waals surface area contributed by atoms with Crippen molar-refractivity contribution in [2.24, 2.45) is 0 Å². The van der Waals surface area contributed by atoms with Crippen molar-refractivity contribution >= 4 is 27.8 Å². The molecule has 0 unspecified atom stereocenters. The minimum absolute atomic E-state index is 0.193. The van der Waals surface area contributed by atoms with Crippen molar-refractivity contribution in [1.82, 2.24) is 0 Å². The van der Waals surface area contributed by atoms with Crippen LogP contribution in [0.4, 0.5) is 17.1 Å². The summed E-state index contributed by atoms with van der Waals surface area (Å²) in [6.45, 7) is 0. The largest absolute Gasteiger partial charge is 0.310 e. The van der Waals surface area contributed by atoms with Gasteiger partial charge in [0.2, 0.25) is 0 Å². The van der Waals surface area contributed by atoms with Crippen LogP contribution in [0.1, 0.15) is 6.85 Å². The number of rotatable bonds is 9. The zero-order valence-electron chi connectivity index (χ0n) is 37.2. The summed E-state index contributed by atoms with van der Waals surface area (Å²) in [4.78, 5) is 2.34. The van der Waals surface area contributed by atoms with E-state index in [2.05, 4.69) is 199 Å². The number of hydrogen-bond acceptors (Lipinski definition) is 1. The first kappa shape index (κ1) is 30.4. The van der Waals surface area contributed by atoms with E-state index in [0.29, 0.717) is 5.56 Å². The number of hydrogen-bond donors (Lipinski definition) is 0. The van der Waals surface area contributed by atoms with Crippen LogP contribution in [-0.4, -0.2) is 0 Å². The summed E-state index contributed by atoms with van der Waals surface area (Å²) in [6.07, 6.45) is 0. The zero-order chi connectivity index (χ0) is 43.7. The fourth-order valence-electron chi connectivity index (χ4n) is 8.18. The summed E-state index contributed by atoms with van der Waals surface area (Å²) in [5.74, 6) is 0. The van der Waals surface area contributed by atoms with Crippen molar-refractivity contribution in [1.29, 1.82) is 0 Å². The molecule has 0 saturated carbocycles. The summed E-state index contributed by atoms with van der Waals surface area (Å²) in [5.41, 5.74) is 14.8. The maximum atomic E-state index is 8.49. The fraction of sp³-hybridized carbons (Fsp3) is 0. The second-order valence-electron chi connectivity index (χ2n) is 14.5. The molecule has 0 heterocycles. The van der Waals surface area contributed by atoms with E-state index >= 15 is 0 Å². The lowest BCUT2D eigenvalue weighted by Crippen LogP contribution is -2.11. The SMILES string of the molecule is [2H]c1c([2H])c([2H])c(-c2ccc(-c3ccc(N(c4cccc(-c5cccc6ccccc56)c4)c4ccccc4-c4ccccc4-c4ccccc4-c4ccccc4)cc3)cc2)c([2H])c1[2H]. The van der Waals surface area contributed by atoms with Crippen LogP contribution in [0, 0.1) is 0 Å². The molecular formula is C58H41N. The molecule has 10 aromatic carbocycles. The topological polar surface area (TPSA) is 3.24 Å². The first-order valence-corrected chi connectivity index (χ1v) is 19.8. The smallest absolute Gasteiger partial charge is 0.0629 e. The van der Waals surface area contributed by atoms with Crippen molar-refractivity contribution in [2.75, 3.05) is 4.90 Å². The van der Waals surface area contributed by atoms with E-state index in [-0.39, 0.29) is 29.7 Å². The highest BCUT2D eigenvalue weighted by Gasteiger charge is 2.21. The molecule has 0 aliphatic carbocycles. The minimum atomic E-state index is -0.398. The molecule has 0 bridgehead atoms. The summed E-state index contributed by atoms with van der Waals surface area (Å²) in [6, 6.07) is 74.8. The Bertz CT molecular complexity index is 3290. The number of anilines is 3. The van der Waals surface area contributed by atoms with Crippen LogP contribution >= 0.6 is 0 Å². The van der Waals surface area contributed by atoms with Gasteiger partial charge >= 0.3 is 0 Å². The first-order chi connectivity index (χ1) is 31.4. The second kappa shape index (κ2) is 16.0. The Hall–Kier alpha value is -7.74. The molecule has 0 fully saturated rings. The lowest BCUT2D eigenvalue weighted by molar-refractivity contribution is 1.28. The van der Waals surface area contributed by atoms with Crippen molar-refractivity contribution < 1.29 is 6.85 Å². The van der Waals surface area contributed by atoms with E-state index in [1.54, 1.807) is 0 Å². The van der Waals surface area contributed by atoms with Crippen LogP contribution in [0.5, 0.6) is 0 Å². The van der Waals surface area contributed by atoms with Crippen molar-refractivity contribution in [3.8, 4) is 66.8 Å². The van der Waals surface area contributed by atoms with Gasteiger partial charge in [0, 0.05) is 16.9 Å². The Morgan fingerprint density at radius 1 is 0.288 bits per heavy atom. The van der Waals surface area contributed by atoms with Crippen LogP contribution in [0.25, 0.3) is 77.5 Å². The monoisotopic (exact) mass is 756 g/mol. The van der Waals surface area contributed by atoms with Gasteiger partial charge in [-0.3, -0.25) is 0 Å². The van der Waals surface area contributed by atoms with Crippen molar-refractivity contribution in [2.45, 2.75) is 0 Å². The summed E-state index contributed by atoms with van der Waals surface area (Å²) in [5, 5.41) is 2.39. The van der Waals surface area contributed by atoms with E-state index in [1.807, 2.05) is 24.3 Å². The molecule has 0 aromatic heterocycles. The van der Waals surface area contributed by atoms with Gasteiger partial charge in [-0.2, -0.15) is 0 Å². The molecule has 0 radical (unpaired) electrons. The highest BCUT2D eigenvalue weighted by atomic mass is 15.1. The Balaban J connectivity index is 1.10. The predicted molar refractivity (Wildman–Crippen MR) is 251 cm³/mol. The van der Waals surface area contributed by atoms with E-state index in [9.17, 15) is 0 Å². The summed E-state index contributed by atoms with van der Waals surface area (Å²) >= 11 is 0. The van der Waals surface area contributed by atoms with Gasteiger partial charge in [-0.15, -0.1) is 0 Å². The van der Waals surface area contributed by atoms with Gasteiger partial charge in [0.15, 0.2) is 0 Å². The third kappa shape index (κ3) is 7.12. The van der Waals surface area contributed by atoms with Crippen molar-refractivity contribution in [3.05, 3.63) is 249 Å². The number of fused-ring (bicyclic) bond motifs is 1. The average Bonchev–Trinajstić information content (AvgIpc) is 3.36. The van der Waals surface area contributed by atoms with Gasteiger partial charge in [-0.1, -0.05) is 218 Å². The maximum Gasteiger partial charge on any atom is 0.0629 e. The molecule has 0 aliphatic heterocycles. The molecule has 0 N–H and O–H groups in total. The molecule has 10 rings (SSSR count). The highest BCUT2D eigenvalue weighted by Crippen LogP contribution is 2.46. The normalized spacial score (nSPS) is 12.2. The molecule has 1 nitrogen and oxygen atoms in total. The van der Waals surface area contributed by atoms with Gasteiger partial charge in [0.1, 0.15) is 0 Å². The van der Waals surface area contributed by atoms with Crippen LogP contribution in [0.3, 0.4) is 0 Å². The predicted octanol–water partition coefficient (Wildman–Crippen LogP) is 16.3. The Labute approximate surface area is 353 Å². The fourth-order valence-corrected chi connectivity index (χ4v) is 8.18. The van der Waals surface area contributed by atoms with Crippen molar-refractivity contribution in [3.63, 3.8) is 0 Å². The van der Waals surface area contributed by atoms with E-state index < -0.39 is 6.04 Å². The number of nitrogens with zero attached hydrogens (tertiary/aromatic N) is 1. The standard InChI is InChI=1S/C58H41N/c1-3-17-42(18-4-1)43-33-35-44(36-34-43)45-37-39-49(40-38-45)59(50-24-15-23-48(41-50)53-31-16-22-47-21-7-8-25-51(47)53)58-32-14-13-30-57(58)56-29-12-11-28-55(56)54-27-10-9-26-52(54)46-19-5-2-6-20-46/h1-41H/i1D,3D,4D,17D,18D. The van der Waals surface area contributed by atoms with Crippen LogP contribution in [-0.2, 0) is 0 Å². The number of benzene rings is 10. The lowest BCUT2D eigenvalue weighted by atomic mass is 9.88. The molecule has 0 saturated heterocycles. The van der Waals surface area contributed by atoms with Crippen LogP contribution in [0.15, 0.2) is 249 Å². The Morgan fingerprint density at radius 2 is 0.780 bits per heavy atom. The van der Waals surface area contributed by atoms with E-state index in [0.717, 1.165) is 61.6 Å². The quantitative estimate of drug-likeness (QED) is 0.142. The third-order valence-electron chi connectivity index (χ3n) is 11.0. The van der Waals surface area contributed by atoms with Crippen LogP contribution < -0.4 is 4.90 Å². The lowest BCUT2D eigenvalue weighted by Gasteiger charge is -2.29. The molecular weight excluding hydrogens is 711 g/mol. The van der Waals surface area contributed by atoms with Crippen LogP contribution in [0.2, 0.25) is 0 Å². The molecule has 0 amide bonds. The molecule has 59 heavy (non-hydrogen) atoms. The second-order valence-corrected chi connectivity index (χ2v) is 14.5. The average molecular weight is 757 g/mol. The first-order valence-electron chi connectivity index (χ1n) is 22.3. The molecule has 10 aromatic rings. The summed E-state index contributed by atoms with van der Waals surface area (Å²) in [7, 11) is 0. The summed E-state index contributed by atoms with van der Waals surface area (Å²) < 4.78 is 41.3. The van der Waals surface area contributed by atoms with Gasteiger partial charge in [0.25, 0.3) is 0 Å².